The predicted octanol–water partition coefficient (Wildman–Crippen LogP) is 4.64. The molecule has 0 aliphatic carbocycles. The van der Waals surface area contributed by atoms with Crippen molar-refractivity contribution in [2.45, 2.75) is 12.5 Å². The number of hydrogen-bond acceptors (Lipinski definition) is 1. The Hall–Kier alpha value is -1.09. The molecule has 100 valence electrons. The molecule has 2 aromatic carbocycles. The smallest absolute Gasteiger partial charge is 0.141 e. The van der Waals surface area contributed by atoms with Crippen molar-refractivity contribution in [3.63, 3.8) is 0 Å². The maximum atomic E-state index is 13.2. The Kier molecular flexibility index (Phi) is 4.81. The molecule has 0 spiro atoms. The molecule has 0 aliphatic rings. The minimum absolute atomic E-state index is 0.0827. The molecule has 2 aromatic rings. The summed E-state index contributed by atoms with van der Waals surface area (Å²) in [5, 5.41) is 4.08. The summed E-state index contributed by atoms with van der Waals surface area (Å²) in [7, 11) is 1.87. The summed E-state index contributed by atoms with van der Waals surface area (Å²) in [6.07, 6.45) is 0.787. The zero-order valence-corrected chi connectivity index (χ0v) is 12.0. The van der Waals surface area contributed by atoms with Crippen LogP contribution in [-0.4, -0.2) is 7.05 Å². The molecule has 1 N–H and O–H groups in total. The quantitative estimate of drug-likeness (QED) is 0.867. The summed E-state index contributed by atoms with van der Waals surface area (Å²) in [5.41, 5.74) is 2.12. The first-order valence-electron chi connectivity index (χ1n) is 5.97. The fraction of sp³-hybridized carbons (Fsp3) is 0.200. The Morgan fingerprint density at radius 3 is 2.37 bits per heavy atom. The Bertz CT molecular complexity index is 555. The van der Waals surface area contributed by atoms with Crippen molar-refractivity contribution in [3.05, 3.63) is 69.5 Å². The molecule has 0 heterocycles. The number of rotatable bonds is 4. The minimum Gasteiger partial charge on any atom is -0.313 e. The van der Waals surface area contributed by atoms with Crippen molar-refractivity contribution in [2.24, 2.45) is 0 Å². The first-order chi connectivity index (χ1) is 9.10. The Balaban J connectivity index is 2.19. The van der Waals surface area contributed by atoms with E-state index in [1.165, 1.54) is 6.07 Å². The molecule has 0 aliphatic heterocycles. The van der Waals surface area contributed by atoms with Crippen LogP contribution < -0.4 is 5.32 Å². The van der Waals surface area contributed by atoms with Crippen LogP contribution in [0.1, 0.15) is 17.2 Å². The summed E-state index contributed by atoms with van der Waals surface area (Å²) in [4.78, 5) is 0. The lowest BCUT2D eigenvalue weighted by Gasteiger charge is -2.17. The molecule has 0 amide bonds. The second-order valence-electron chi connectivity index (χ2n) is 4.35. The van der Waals surface area contributed by atoms with Crippen molar-refractivity contribution < 1.29 is 4.39 Å². The second kappa shape index (κ2) is 6.38. The Morgan fingerprint density at radius 1 is 1.11 bits per heavy atom. The van der Waals surface area contributed by atoms with Gasteiger partial charge in [0.2, 0.25) is 0 Å². The topological polar surface area (TPSA) is 12.0 Å². The van der Waals surface area contributed by atoms with Gasteiger partial charge in [-0.2, -0.15) is 0 Å². The van der Waals surface area contributed by atoms with Gasteiger partial charge in [0, 0.05) is 11.1 Å². The first-order valence-corrected chi connectivity index (χ1v) is 6.72. The summed E-state index contributed by atoms with van der Waals surface area (Å²) < 4.78 is 13.2. The molecule has 19 heavy (non-hydrogen) atoms. The third-order valence-electron chi connectivity index (χ3n) is 3.05. The molecule has 1 atom stereocenters. The van der Waals surface area contributed by atoms with E-state index in [-0.39, 0.29) is 11.1 Å². The SMILES string of the molecule is CNC(Cc1ccc(Cl)cc1)c1ccc(F)c(Cl)c1. The van der Waals surface area contributed by atoms with E-state index >= 15 is 0 Å². The number of benzene rings is 2. The lowest BCUT2D eigenvalue weighted by Crippen LogP contribution is -2.18. The van der Waals surface area contributed by atoms with E-state index in [0.29, 0.717) is 0 Å². The largest absolute Gasteiger partial charge is 0.313 e. The molecule has 0 aromatic heterocycles. The standard InChI is InChI=1S/C15H14Cl2FN/c1-19-15(8-10-2-5-12(16)6-3-10)11-4-7-14(18)13(17)9-11/h2-7,9,15,19H,8H2,1H3. The number of halogens is 3. The van der Waals surface area contributed by atoms with Gasteiger partial charge in [-0.3, -0.25) is 0 Å². The highest BCUT2D eigenvalue weighted by molar-refractivity contribution is 6.31. The van der Waals surface area contributed by atoms with Crippen LogP contribution in [0.3, 0.4) is 0 Å². The van der Waals surface area contributed by atoms with E-state index in [2.05, 4.69) is 5.32 Å². The van der Waals surface area contributed by atoms with Crippen molar-refractivity contribution in [1.82, 2.24) is 5.32 Å². The van der Waals surface area contributed by atoms with Crippen LogP contribution in [0.4, 0.5) is 4.39 Å². The maximum Gasteiger partial charge on any atom is 0.141 e. The third-order valence-corrected chi connectivity index (χ3v) is 3.59. The normalized spacial score (nSPS) is 12.4. The predicted molar refractivity (Wildman–Crippen MR) is 78.4 cm³/mol. The lowest BCUT2D eigenvalue weighted by atomic mass is 9.99. The van der Waals surface area contributed by atoms with Crippen LogP contribution in [0.5, 0.6) is 0 Å². The number of nitrogens with one attached hydrogen (secondary N) is 1. The highest BCUT2D eigenvalue weighted by Crippen LogP contribution is 2.24. The van der Waals surface area contributed by atoms with Gasteiger partial charge >= 0.3 is 0 Å². The number of likely N-dealkylation sites (N-methyl/N-ethyl adjacent to an activating group) is 1. The van der Waals surface area contributed by atoms with Gasteiger partial charge in [0.25, 0.3) is 0 Å². The zero-order valence-electron chi connectivity index (χ0n) is 10.5. The van der Waals surface area contributed by atoms with E-state index in [1.54, 1.807) is 12.1 Å². The van der Waals surface area contributed by atoms with Gasteiger partial charge in [-0.15, -0.1) is 0 Å². The van der Waals surface area contributed by atoms with Crippen molar-refractivity contribution in [3.8, 4) is 0 Å². The van der Waals surface area contributed by atoms with Gasteiger partial charge in [-0.05, 0) is 48.9 Å². The van der Waals surface area contributed by atoms with Crippen LogP contribution in [0.15, 0.2) is 42.5 Å². The molecule has 1 unspecified atom stereocenters. The van der Waals surface area contributed by atoms with Gasteiger partial charge in [0.15, 0.2) is 0 Å². The Morgan fingerprint density at radius 2 is 1.79 bits per heavy atom. The van der Waals surface area contributed by atoms with Crippen molar-refractivity contribution in [2.75, 3.05) is 7.05 Å². The Labute approximate surface area is 122 Å². The van der Waals surface area contributed by atoms with Crippen LogP contribution in [0, 0.1) is 5.82 Å². The molecule has 0 saturated carbocycles. The molecule has 0 radical (unpaired) electrons. The molecule has 0 saturated heterocycles. The molecule has 0 bridgehead atoms. The maximum absolute atomic E-state index is 13.2. The summed E-state index contributed by atoms with van der Waals surface area (Å²) in [6.45, 7) is 0. The van der Waals surface area contributed by atoms with Gasteiger partial charge < -0.3 is 5.32 Å². The van der Waals surface area contributed by atoms with Crippen LogP contribution in [0.25, 0.3) is 0 Å². The third kappa shape index (κ3) is 3.69. The van der Waals surface area contributed by atoms with Gasteiger partial charge in [-0.25, -0.2) is 4.39 Å². The van der Waals surface area contributed by atoms with E-state index < -0.39 is 5.82 Å². The minimum atomic E-state index is -0.397. The zero-order chi connectivity index (χ0) is 13.8. The first kappa shape index (κ1) is 14.3. The van der Waals surface area contributed by atoms with Crippen LogP contribution in [0.2, 0.25) is 10.0 Å². The average Bonchev–Trinajstić information content (AvgIpc) is 2.41. The van der Waals surface area contributed by atoms with Gasteiger partial charge in [0.1, 0.15) is 5.82 Å². The van der Waals surface area contributed by atoms with Gasteiger partial charge in [0.05, 0.1) is 5.02 Å². The van der Waals surface area contributed by atoms with E-state index in [4.69, 9.17) is 23.2 Å². The molecule has 1 nitrogen and oxygen atoms in total. The van der Waals surface area contributed by atoms with Crippen molar-refractivity contribution in [1.29, 1.82) is 0 Å². The lowest BCUT2D eigenvalue weighted by molar-refractivity contribution is 0.586. The molecule has 2 rings (SSSR count). The van der Waals surface area contributed by atoms with E-state index in [0.717, 1.165) is 22.6 Å². The van der Waals surface area contributed by atoms with Crippen LogP contribution >= 0.6 is 23.2 Å². The second-order valence-corrected chi connectivity index (χ2v) is 5.19. The van der Waals surface area contributed by atoms with E-state index in [1.807, 2.05) is 31.3 Å². The number of hydrogen-bond donors (Lipinski definition) is 1. The molecular formula is C15H14Cl2FN. The highest BCUT2D eigenvalue weighted by atomic mass is 35.5. The molecule has 4 heteroatoms. The van der Waals surface area contributed by atoms with Crippen molar-refractivity contribution >= 4 is 23.2 Å². The summed E-state index contributed by atoms with van der Waals surface area (Å²) in [5.74, 6) is -0.397. The van der Waals surface area contributed by atoms with Crippen LogP contribution in [-0.2, 0) is 6.42 Å². The summed E-state index contributed by atoms with van der Waals surface area (Å²) in [6, 6.07) is 12.6. The summed E-state index contributed by atoms with van der Waals surface area (Å²) >= 11 is 11.7. The monoisotopic (exact) mass is 297 g/mol. The molecule has 0 fully saturated rings. The average molecular weight is 298 g/mol. The molecular weight excluding hydrogens is 284 g/mol. The van der Waals surface area contributed by atoms with Gasteiger partial charge in [-0.1, -0.05) is 41.4 Å². The fourth-order valence-corrected chi connectivity index (χ4v) is 2.29. The fourth-order valence-electron chi connectivity index (χ4n) is 1.97. The highest BCUT2D eigenvalue weighted by Gasteiger charge is 2.12. The van der Waals surface area contributed by atoms with E-state index in [9.17, 15) is 4.39 Å².